The fourth-order valence-electron chi connectivity index (χ4n) is 4.07. The van der Waals surface area contributed by atoms with Crippen molar-refractivity contribution in [3.05, 3.63) is 95.6 Å². The minimum Gasteiger partial charge on any atom is -0.454 e. The lowest BCUT2D eigenvalue weighted by Gasteiger charge is -2.35. The Hall–Kier alpha value is -2.82. The first-order valence-electron chi connectivity index (χ1n) is 12.8. The molecule has 0 aliphatic carbocycles. The van der Waals surface area contributed by atoms with Gasteiger partial charge in [-0.2, -0.15) is 0 Å². The van der Waals surface area contributed by atoms with Crippen molar-refractivity contribution in [3.8, 4) is 11.5 Å². The highest BCUT2D eigenvalue weighted by molar-refractivity contribution is 5.44. The van der Waals surface area contributed by atoms with Crippen molar-refractivity contribution in [2.75, 3.05) is 26.4 Å². The van der Waals surface area contributed by atoms with Crippen LogP contribution in [0.25, 0.3) is 0 Å². The molecule has 1 fully saturated rings. The zero-order valence-corrected chi connectivity index (χ0v) is 17.4. The van der Waals surface area contributed by atoms with Gasteiger partial charge in [-0.15, -0.1) is 0 Å². The molecule has 1 saturated heterocycles. The van der Waals surface area contributed by atoms with Gasteiger partial charge in [0.15, 0.2) is 11.5 Å². The van der Waals surface area contributed by atoms with Crippen LogP contribution >= 0.6 is 0 Å². The molecule has 5 rings (SSSR count). The van der Waals surface area contributed by atoms with Crippen LogP contribution in [0.2, 0.25) is 0 Å². The van der Waals surface area contributed by atoms with Gasteiger partial charge in [-0.05, 0) is 54.6 Å². The summed E-state index contributed by atoms with van der Waals surface area (Å²) < 4.78 is 52.5. The third kappa shape index (κ3) is 4.92. The number of nitrogens with zero attached hydrogens (tertiary/aromatic N) is 1. The molecule has 160 valence electrons. The van der Waals surface area contributed by atoms with E-state index in [0.717, 1.165) is 24.0 Å². The van der Waals surface area contributed by atoms with Gasteiger partial charge in [0.25, 0.3) is 0 Å². The standard InChI is InChI=1S/C27H29NO3/c1-3-8-22(9-4-1)27(23-10-5-2-6-11-23)31-24-12-7-16-28(19-24)17-15-21-13-14-25-26(18-21)30-20-29-25/h1-6,8-11,13-14,18,24,27H,7,12,15-17,19-20H2/i15D2,17D2. The number of ether oxygens (including phenoxy) is 3. The van der Waals surface area contributed by atoms with Crippen LogP contribution < -0.4 is 9.47 Å². The van der Waals surface area contributed by atoms with E-state index >= 15 is 0 Å². The maximum absolute atomic E-state index is 8.85. The molecular formula is C27H29NO3. The number of fused-ring (bicyclic) bond motifs is 1. The zero-order valence-electron chi connectivity index (χ0n) is 21.4. The van der Waals surface area contributed by atoms with Gasteiger partial charge in [0, 0.05) is 18.5 Å². The molecule has 4 heteroatoms. The summed E-state index contributed by atoms with van der Waals surface area (Å²) in [7, 11) is 0. The summed E-state index contributed by atoms with van der Waals surface area (Å²) in [5.41, 5.74) is 2.30. The van der Waals surface area contributed by atoms with Crippen molar-refractivity contribution in [2.24, 2.45) is 0 Å². The quantitative estimate of drug-likeness (QED) is 0.525. The monoisotopic (exact) mass is 419 g/mol. The molecule has 3 aromatic rings. The average molecular weight is 420 g/mol. The van der Waals surface area contributed by atoms with Gasteiger partial charge in [-0.25, -0.2) is 0 Å². The average Bonchev–Trinajstić information content (AvgIpc) is 3.36. The van der Waals surface area contributed by atoms with Crippen LogP contribution in [0.3, 0.4) is 0 Å². The molecule has 1 unspecified atom stereocenters. The van der Waals surface area contributed by atoms with E-state index in [9.17, 15) is 0 Å². The molecule has 0 aromatic heterocycles. The van der Waals surface area contributed by atoms with Crippen molar-refractivity contribution in [3.63, 3.8) is 0 Å². The molecule has 3 aromatic carbocycles. The van der Waals surface area contributed by atoms with Crippen LogP contribution in [0, 0.1) is 0 Å². The van der Waals surface area contributed by atoms with Crippen molar-refractivity contribution in [1.82, 2.24) is 4.90 Å². The number of hydrogen-bond acceptors (Lipinski definition) is 4. The minimum atomic E-state index is -2.27. The second-order valence-corrected chi connectivity index (χ2v) is 7.85. The van der Waals surface area contributed by atoms with Crippen LogP contribution in [-0.4, -0.2) is 37.4 Å². The summed E-state index contributed by atoms with van der Waals surface area (Å²) in [5, 5.41) is 0. The van der Waals surface area contributed by atoms with E-state index < -0.39 is 12.9 Å². The first-order valence-corrected chi connectivity index (χ1v) is 10.8. The van der Waals surface area contributed by atoms with Gasteiger partial charge >= 0.3 is 0 Å². The predicted molar refractivity (Wildman–Crippen MR) is 122 cm³/mol. The van der Waals surface area contributed by atoms with E-state index in [-0.39, 0.29) is 24.6 Å². The Kier molecular flexibility index (Phi) is 4.90. The summed E-state index contributed by atoms with van der Waals surface area (Å²) in [6.45, 7) is -1.41. The largest absolute Gasteiger partial charge is 0.454 e. The predicted octanol–water partition coefficient (Wildman–Crippen LogP) is 5.23. The molecule has 0 bridgehead atoms. The molecular weight excluding hydrogens is 386 g/mol. The Labute approximate surface area is 190 Å². The highest BCUT2D eigenvalue weighted by Crippen LogP contribution is 2.33. The van der Waals surface area contributed by atoms with E-state index in [1.54, 1.807) is 23.1 Å². The number of likely N-dealkylation sites (tertiary alicyclic amines) is 1. The number of piperidine rings is 1. The summed E-state index contributed by atoms with van der Waals surface area (Å²) in [6, 6.07) is 24.8. The van der Waals surface area contributed by atoms with Gasteiger partial charge < -0.3 is 19.1 Å². The van der Waals surface area contributed by atoms with E-state index in [4.69, 9.17) is 19.7 Å². The summed E-state index contributed by atoms with van der Waals surface area (Å²) in [4.78, 5) is 1.58. The smallest absolute Gasteiger partial charge is 0.231 e. The van der Waals surface area contributed by atoms with Crippen LogP contribution in [0.4, 0.5) is 0 Å². The Morgan fingerprint density at radius 3 is 2.39 bits per heavy atom. The summed E-state index contributed by atoms with van der Waals surface area (Å²) >= 11 is 0. The van der Waals surface area contributed by atoms with Crippen LogP contribution in [-0.2, 0) is 11.1 Å². The van der Waals surface area contributed by atoms with Crippen molar-refractivity contribution < 1.29 is 19.7 Å². The first-order chi connectivity index (χ1) is 16.9. The number of hydrogen-bond donors (Lipinski definition) is 0. The third-order valence-electron chi connectivity index (χ3n) is 5.64. The minimum absolute atomic E-state index is 0.0871. The lowest BCUT2D eigenvalue weighted by Crippen LogP contribution is -2.41. The fraction of sp³-hybridized carbons (Fsp3) is 0.333. The SMILES string of the molecule is [2H]C([2H])(c1ccc2c(c1)OCO2)C([2H])([2H])N1CCCC(OC(c2ccccc2)c2ccccc2)C1. The molecule has 2 aliphatic heterocycles. The lowest BCUT2D eigenvalue weighted by atomic mass is 10.00. The van der Waals surface area contributed by atoms with Crippen molar-refractivity contribution in [1.29, 1.82) is 0 Å². The van der Waals surface area contributed by atoms with Crippen molar-refractivity contribution >= 4 is 0 Å². The van der Waals surface area contributed by atoms with E-state index in [0.29, 0.717) is 24.6 Å². The van der Waals surface area contributed by atoms with Crippen LogP contribution in [0.5, 0.6) is 11.5 Å². The summed E-state index contributed by atoms with van der Waals surface area (Å²) in [6.07, 6.45) is -1.28. The third-order valence-corrected chi connectivity index (χ3v) is 5.64. The molecule has 0 radical (unpaired) electrons. The number of benzene rings is 3. The Morgan fingerprint density at radius 1 is 0.935 bits per heavy atom. The maximum atomic E-state index is 8.85. The van der Waals surface area contributed by atoms with E-state index in [1.807, 2.05) is 60.7 Å². The second kappa shape index (κ2) is 9.54. The highest BCUT2D eigenvalue weighted by Gasteiger charge is 2.25. The molecule has 2 aliphatic rings. The summed E-state index contributed by atoms with van der Waals surface area (Å²) in [5.74, 6) is 0.986. The van der Waals surface area contributed by atoms with Crippen molar-refractivity contribution in [2.45, 2.75) is 31.4 Å². The zero-order chi connectivity index (χ0) is 24.5. The molecule has 31 heavy (non-hydrogen) atoms. The number of aryl methyl sites for hydroxylation is 1. The molecule has 0 saturated carbocycles. The van der Waals surface area contributed by atoms with Gasteiger partial charge in [-0.1, -0.05) is 66.7 Å². The van der Waals surface area contributed by atoms with Crippen LogP contribution in [0.15, 0.2) is 78.9 Å². The fourth-order valence-corrected chi connectivity index (χ4v) is 4.07. The Balaban J connectivity index is 1.36. The van der Waals surface area contributed by atoms with Gasteiger partial charge in [0.05, 0.1) is 6.10 Å². The molecule has 0 N–H and O–H groups in total. The highest BCUT2D eigenvalue weighted by atomic mass is 16.7. The Bertz CT molecular complexity index is 1100. The maximum Gasteiger partial charge on any atom is 0.231 e. The first kappa shape index (κ1) is 15.9. The Morgan fingerprint density at radius 2 is 1.65 bits per heavy atom. The topological polar surface area (TPSA) is 30.9 Å². The number of rotatable bonds is 7. The second-order valence-electron chi connectivity index (χ2n) is 7.85. The molecule has 4 nitrogen and oxygen atoms in total. The molecule has 1 atom stereocenters. The normalized spacial score (nSPS) is 21.3. The van der Waals surface area contributed by atoms with Gasteiger partial charge in [0.1, 0.15) is 6.10 Å². The van der Waals surface area contributed by atoms with E-state index in [2.05, 4.69) is 0 Å². The van der Waals surface area contributed by atoms with Crippen LogP contribution in [0.1, 0.15) is 41.1 Å². The van der Waals surface area contributed by atoms with Gasteiger partial charge in [0.2, 0.25) is 6.79 Å². The molecule has 0 amide bonds. The molecule has 2 heterocycles. The van der Waals surface area contributed by atoms with E-state index in [1.165, 1.54) is 0 Å². The molecule has 0 spiro atoms. The lowest BCUT2D eigenvalue weighted by molar-refractivity contribution is -0.0330. The van der Waals surface area contributed by atoms with Gasteiger partial charge in [-0.3, -0.25) is 0 Å².